The van der Waals surface area contributed by atoms with Crippen molar-refractivity contribution >= 4 is 11.6 Å². The number of hydrogen-bond donors (Lipinski definition) is 1. The molecule has 142 valence electrons. The molecule has 0 bridgehead atoms. The van der Waals surface area contributed by atoms with E-state index in [1.54, 1.807) is 0 Å². The topological polar surface area (TPSA) is 47.1 Å². The van der Waals surface area contributed by atoms with Gasteiger partial charge in [-0.2, -0.15) is 5.10 Å². The third-order valence-electron chi connectivity index (χ3n) is 5.39. The van der Waals surface area contributed by atoms with E-state index >= 15 is 0 Å². The van der Waals surface area contributed by atoms with Gasteiger partial charge in [0.15, 0.2) is 0 Å². The van der Waals surface area contributed by atoms with Crippen LogP contribution in [0.5, 0.6) is 0 Å². The fourth-order valence-electron chi connectivity index (χ4n) is 3.61. The van der Waals surface area contributed by atoms with Crippen LogP contribution in [0.4, 0.5) is 0 Å². The predicted octanol–water partition coefficient (Wildman–Crippen LogP) is 4.52. The van der Waals surface area contributed by atoms with Gasteiger partial charge in [-0.25, -0.2) is 0 Å². The first kappa shape index (κ1) is 19.4. The lowest BCUT2D eigenvalue weighted by atomic mass is 9.79. The standard InChI is InChI=1S/C21H31ClN4/c1-20(2,3)26-13-15(12-25-11-10-18(23)21(4,5)14-25)19(24-26)16-8-6-7-9-17(16)22/h6-9,13,18H,10-12,14,23H2,1-5H3. The molecule has 0 aliphatic carbocycles. The Morgan fingerprint density at radius 1 is 1.27 bits per heavy atom. The molecule has 5 heteroatoms. The molecule has 1 saturated heterocycles. The van der Waals surface area contributed by atoms with Gasteiger partial charge in [-0.05, 0) is 38.7 Å². The van der Waals surface area contributed by atoms with Crippen LogP contribution >= 0.6 is 11.6 Å². The highest BCUT2D eigenvalue weighted by molar-refractivity contribution is 6.33. The maximum absolute atomic E-state index is 6.48. The molecule has 2 N–H and O–H groups in total. The van der Waals surface area contributed by atoms with Gasteiger partial charge in [-0.1, -0.05) is 43.6 Å². The lowest BCUT2D eigenvalue weighted by molar-refractivity contribution is 0.0899. The zero-order valence-corrected chi connectivity index (χ0v) is 17.3. The molecule has 1 aliphatic rings. The first-order valence-electron chi connectivity index (χ1n) is 9.40. The second-order valence-corrected chi connectivity index (χ2v) is 9.60. The predicted molar refractivity (Wildman–Crippen MR) is 109 cm³/mol. The van der Waals surface area contributed by atoms with Crippen molar-refractivity contribution in [2.24, 2.45) is 11.1 Å². The van der Waals surface area contributed by atoms with Crippen LogP contribution in [0.1, 0.15) is 46.6 Å². The minimum absolute atomic E-state index is 0.0716. The number of likely N-dealkylation sites (tertiary alicyclic amines) is 1. The van der Waals surface area contributed by atoms with Crippen LogP contribution in [0.2, 0.25) is 5.02 Å². The van der Waals surface area contributed by atoms with Gasteiger partial charge in [0.05, 0.1) is 16.3 Å². The van der Waals surface area contributed by atoms with Gasteiger partial charge in [-0.15, -0.1) is 0 Å². The smallest absolute Gasteiger partial charge is 0.0983 e. The first-order valence-corrected chi connectivity index (χ1v) is 9.77. The van der Waals surface area contributed by atoms with Crippen molar-refractivity contribution in [3.8, 4) is 11.3 Å². The number of benzene rings is 1. The fourth-order valence-corrected chi connectivity index (χ4v) is 3.84. The zero-order valence-electron chi connectivity index (χ0n) is 16.6. The SMILES string of the molecule is CC1(C)CN(Cc2cn(C(C)(C)C)nc2-c2ccccc2Cl)CCC1N. The number of halogens is 1. The molecule has 1 unspecified atom stereocenters. The molecule has 4 nitrogen and oxygen atoms in total. The molecule has 1 aromatic heterocycles. The summed E-state index contributed by atoms with van der Waals surface area (Å²) >= 11 is 6.48. The van der Waals surface area contributed by atoms with Gasteiger partial charge in [0.25, 0.3) is 0 Å². The Morgan fingerprint density at radius 3 is 2.58 bits per heavy atom. The zero-order chi connectivity index (χ0) is 19.1. The van der Waals surface area contributed by atoms with Crippen LogP contribution in [-0.4, -0.2) is 33.8 Å². The third kappa shape index (κ3) is 3.98. The Morgan fingerprint density at radius 2 is 1.96 bits per heavy atom. The monoisotopic (exact) mass is 374 g/mol. The fraction of sp³-hybridized carbons (Fsp3) is 0.571. The quantitative estimate of drug-likeness (QED) is 0.859. The van der Waals surface area contributed by atoms with Crippen molar-refractivity contribution in [2.45, 2.75) is 59.2 Å². The summed E-state index contributed by atoms with van der Waals surface area (Å²) < 4.78 is 2.06. The molecule has 0 radical (unpaired) electrons. The minimum Gasteiger partial charge on any atom is -0.327 e. The van der Waals surface area contributed by atoms with E-state index in [0.29, 0.717) is 0 Å². The lowest BCUT2D eigenvalue weighted by Crippen LogP contribution is -2.52. The van der Waals surface area contributed by atoms with E-state index in [-0.39, 0.29) is 17.0 Å². The number of aromatic nitrogens is 2. The third-order valence-corrected chi connectivity index (χ3v) is 5.72. The largest absolute Gasteiger partial charge is 0.327 e. The van der Waals surface area contributed by atoms with E-state index in [0.717, 1.165) is 42.3 Å². The van der Waals surface area contributed by atoms with Crippen LogP contribution in [0.3, 0.4) is 0 Å². The van der Waals surface area contributed by atoms with E-state index in [1.165, 1.54) is 5.56 Å². The summed E-state index contributed by atoms with van der Waals surface area (Å²) in [7, 11) is 0. The average Bonchev–Trinajstić information content (AvgIpc) is 2.95. The summed E-state index contributed by atoms with van der Waals surface area (Å²) in [6.07, 6.45) is 3.21. The van der Waals surface area contributed by atoms with Gasteiger partial charge in [0.1, 0.15) is 0 Å². The molecular formula is C21H31ClN4. The highest BCUT2D eigenvalue weighted by atomic mass is 35.5. The van der Waals surface area contributed by atoms with Crippen LogP contribution in [0, 0.1) is 5.41 Å². The van der Waals surface area contributed by atoms with Crippen LogP contribution in [-0.2, 0) is 12.1 Å². The summed E-state index contributed by atoms with van der Waals surface area (Å²) in [5.41, 5.74) is 9.57. The highest BCUT2D eigenvalue weighted by Gasteiger charge is 2.34. The van der Waals surface area contributed by atoms with Crippen LogP contribution < -0.4 is 5.73 Å². The van der Waals surface area contributed by atoms with E-state index in [4.69, 9.17) is 22.4 Å². The molecule has 3 rings (SSSR count). The maximum atomic E-state index is 6.48. The van der Waals surface area contributed by atoms with E-state index in [9.17, 15) is 0 Å². The molecule has 1 fully saturated rings. The summed E-state index contributed by atoms with van der Waals surface area (Å²) in [5, 5.41) is 5.65. The number of rotatable bonds is 3. The maximum Gasteiger partial charge on any atom is 0.0983 e. The molecular weight excluding hydrogens is 344 g/mol. The molecule has 0 amide bonds. The number of nitrogens with zero attached hydrogens (tertiary/aromatic N) is 3. The summed E-state index contributed by atoms with van der Waals surface area (Å²) in [6.45, 7) is 13.9. The second kappa shape index (κ2) is 6.99. The lowest BCUT2D eigenvalue weighted by Gasteiger charge is -2.42. The van der Waals surface area contributed by atoms with Gasteiger partial charge in [0, 0.05) is 43.0 Å². The number of piperidine rings is 1. The Labute approximate surface area is 162 Å². The van der Waals surface area contributed by atoms with E-state index < -0.39 is 0 Å². The summed E-state index contributed by atoms with van der Waals surface area (Å²) in [4.78, 5) is 2.49. The Bertz CT molecular complexity index is 773. The molecule has 1 aromatic carbocycles. The number of nitrogens with two attached hydrogens (primary N) is 1. The molecule has 2 heterocycles. The van der Waals surface area contributed by atoms with E-state index in [2.05, 4.69) is 56.5 Å². The summed E-state index contributed by atoms with van der Waals surface area (Å²) in [6, 6.07) is 8.22. The highest BCUT2D eigenvalue weighted by Crippen LogP contribution is 2.33. The molecule has 1 atom stereocenters. The van der Waals surface area contributed by atoms with E-state index in [1.807, 2.05) is 18.2 Å². The number of hydrogen-bond acceptors (Lipinski definition) is 3. The van der Waals surface area contributed by atoms with Crippen molar-refractivity contribution in [1.82, 2.24) is 14.7 Å². The molecule has 0 saturated carbocycles. The molecule has 1 aliphatic heterocycles. The first-order chi connectivity index (χ1) is 12.1. The molecule has 26 heavy (non-hydrogen) atoms. The Kier molecular flexibility index (Phi) is 5.22. The average molecular weight is 375 g/mol. The Balaban J connectivity index is 1.96. The van der Waals surface area contributed by atoms with Crippen LogP contribution in [0.25, 0.3) is 11.3 Å². The second-order valence-electron chi connectivity index (χ2n) is 9.19. The van der Waals surface area contributed by atoms with Crippen LogP contribution in [0.15, 0.2) is 30.5 Å². The van der Waals surface area contributed by atoms with Gasteiger partial charge in [-0.3, -0.25) is 9.58 Å². The van der Waals surface area contributed by atoms with Crippen molar-refractivity contribution in [1.29, 1.82) is 0 Å². The van der Waals surface area contributed by atoms with Crippen molar-refractivity contribution < 1.29 is 0 Å². The normalized spacial score (nSPS) is 21.1. The van der Waals surface area contributed by atoms with Gasteiger partial charge in [0.2, 0.25) is 0 Å². The van der Waals surface area contributed by atoms with Crippen molar-refractivity contribution in [2.75, 3.05) is 13.1 Å². The summed E-state index contributed by atoms with van der Waals surface area (Å²) in [5.74, 6) is 0. The van der Waals surface area contributed by atoms with Crippen molar-refractivity contribution in [3.63, 3.8) is 0 Å². The minimum atomic E-state index is -0.0716. The van der Waals surface area contributed by atoms with Gasteiger partial charge >= 0.3 is 0 Å². The van der Waals surface area contributed by atoms with Crippen molar-refractivity contribution in [3.05, 3.63) is 41.0 Å². The molecule has 0 spiro atoms. The molecule has 2 aromatic rings. The van der Waals surface area contributed by atoms with Gasteiger partial charge < -0.3 is 5.73 Å². The Hall–Kier alpha value is -1.36.